The number of carbonyl (C=O) groups is 1. The van der Waals surface area contributed by atoms with Gasteiger partial charge in [-0.3, -0.25) is 9.78 Å². The lowest BCUT2D eigenvalue weighted by Gasteiger charge is -2.17. The molecule has 3 heterocycles. The molecule has 2 aromatic heterocycles. The molecule has 1 aliphatic heterocycles. The van der Waals surface area contributed by atoms with E-state index in [1.165, 1.54) is 12.4 Å². The summed E-state index contributed by atoms with van der Waals surface area (Å²) >= 11 is 6.49. The fourth-order valence-corrected chi connectivity index (χ4v) is 4.38. The molecule has 0 radical (unpaired) electrons. The molecule has 10 heteroatoms. The van der Waals surface area contributed by atoms with Crippen LogP contribution in [-0.4, -0.2) is 40.1 Å². The van der Waals surface area contributed by atoms with Crippen molar-refractivity contribution in [2.24, 2.45) is 0 Å². The Balaban J connectivity index is 1.38. The van der Waals surface area contributed by atoms with E-state index in [0.29, 0.717) is 57.8 Å². The van der Waals surface area contributed by atoms with E-state index in [9.17, 15) is 4.79 Å². The van der Waals surface area contributed by atoms with Crippen molar-refractivity contribution in [3.63, 3.8) is 0 Å². The lowest BCUT2D eigenvalue weighted by molar-refractivity contribution is -0.111. The Morgan fingerprint density at radius 2 is 2.05 bits per heavy atom. The number of carbonyl (C=O) groups excluding carboxylic acids is 1. The van der Waals surface area contributed by atoms with Gasteiger partial charge < -0.3 is 25.4 Å². The molecule has 5 rings (SSSR count). The molecule has 1 aliphatic rings. The van der Waals surface area contributed by atoms with Crippen LogP contribution < -0.4 is 25.4 Å². The molecule has 1 atom stereocenters. The topological polar surface area (TPSA) is 110 Å². The lowest BCUT2D eigenvalue weighted by atomic mass is 10.1. The SMILES string of the molecule is C=CC(=O)Nc1cc2c(Nc3ccc(OCc4ccccn4)c(Cl)c3)ncnc2cc1OCC1CCCN1. The molecule has 38 heavy (non-hydrogen) atoms. The average Bonchev–Trinajstić information content (AvgIpc) is 3.46. The number of hydrogen-bond donors (Lipinski definition) is 3. The minimum absolute atomic E-state index is 0.275. The quantitative estimate of drug-likeness (QED) is 0.238. The number of nitrogens with one attached hydrogen (secondary N) is 3. The summed E-state index contributed by atoms with van der Waals surface area (Å²) in [7, 11) is 0. The number of amides is 1. The van der Waals surface area contributed by atoms with Crippen LogP contribution in [0.4, 0.5) is 17.2 Å². The number of aromatic nitrogens is 3. The van der Waals surface area contributed by atoms with E-state index < -0.39 is 0 Å². The third kappa shape index (κ3) is 6.19. The summed E-state index contributed by atoms with van der Waals surface area (Å²) in [5.41, 5.74) is 2.69. The highest BCUT2D eigenvalue weighted by molar-refractivity contribution is 6.32. The Morgan fingerprint density at radius 1 is 1.13 bits per heavy atom. The Kier molecular flexibility index (Phi) is 7.96. The lowest BCUT2D eigenvalue weighted by Crippen LogP contribution is -2.28. The molecular formula is C28H27ClN6O3. The van der Waals surface area contributed by atoms with Crippen molar-refractivity contribution in [3.05, 3.63) is 84.4 Å². The zero-order valence-corrected chi connectivity index (χ0v) is 21.4. The number of halogens is 1. The molecule has 0 spiro atoms. The predicted octanol–water partition coefficient (Wildman–Crippen LogP) is 5.26. The van der Waals surface area contributed by atoms with Gasteiger partial charge in [0, 0.05) is 29.4 Å². The zero-order valence-electron chi connectivity index (χ0n) is 20.6. The molecule has 0 bridgehead atoms. The summed E-state index contributed by atoms with van der Waals surface area (Å²) in [6, 6.07) is 14.9. The minimum atomic E-state index is -0.340. The van der Waals surface area contributed by atoms with E-state index in [-0.39, 0.29) is 11.9 Å². The molecule has 2 aromatic carbocycles. The molecule has 0 aliphatic carbocycles. The van der Waals surface area contributed by atoms with Crippen molar-refractivity contribution in [1.82, 2.24) is 20.3 Å². The summed E-state index contributed by atoms with van der Waals surface area (Å²) in [6.45, 7) is 5.33. The van der Waals surface area contributed by atoms with Crippen LogP contribution in [0, 0.1) is 0 Å². The Labute approximate surface area is 225 Å². The van der Waals surface area contributed by atoms with E-state index in [1.54, 1.807) is 30.5 Å². The molecule has 194 valence electrons. The summed E-state index contributed by atoms with van der Waals surface area (Å²) in [6.07, 6.45) is 6.58. The number of pyridine rings is 1. The average molecular weight is 531 g/mol. The second-order valence-corrected chi connectivity index (χ2v) is 9.17. The maximum atomic E-state index is 12.1. The highest BCUT2D eigenvalue weighted by atomic mass is 35.5. The first kappa shape index (κ1) is 25.4. The Bertz CT molecular complexity index is 1440. The number of fused-ring (bicyclic) bond motifs is 1. The highest BCUT2D eigenvalue weighted by Gasteiger charge is 2.18. The molecule has 9 nitrogen and oxygen atoms in total. The molecule has 3 N–H and O–H groups in total. The van der Waals surface area contributed by atoms with Crippen molar-refractivity contribution in [1.29, 1.82) is 0 Å². The maximum Gasteiger partial charge on any atom is 0.247 e. The number of hydrogen-bond acceptors (Lipinski definition) is 8. The van der Waals surface area contributed by atoms with E-state index in [2.05, 4.69) is 37.5 Å². The smallest absolute Gasteiger partial charge is 0.247 e. The van der Waals surface area contributed by atoms with Crippen LogP contribution in [0.1, 0.15) is 18.5 Å². The van der Waals surface area contributed by atoms with Gasteiger partial charge in [-0.1, -0.05) is 24.2 Å². The fourth-order valence-electron chi connectivity index (χ4n) is 4.14. The number of ether oxygens (including phenoxy) is 2. The van der Waals surface area contributed by atoms with Crippen LogP contribution >= 0.6 is 11.6 Å². The largest absolute Gasteiger partial charge is 0.490 e. The number of benzene rings is 2. The van der Waals surface area contributed by atoms with Gasteiger partial charge in [0.1, 0.15) is 36.9 Å². The third-order valence-corrected chi connectivity index (χ3v) is 6.37. The van der Waals surface area contributed by atoms with Gasteiger partial charge in [-0.15, -0.1) is 0 Å². The van der Waals surface area contributed by atoms with E-state index in [1.807, 2.05) is 24.3 Å². The maximum absolute atomic E-state index is 12.1. The first-order valence-electron chi connectivity index (χ1n) is 12.3. The van der Waals surface area contributed by atoms with Crippen molar-refractivity contribution < 1.29 is 14.3 Å². The second kappa shape index (κ2) is 11.9. The van der Waals surface area contributed by atoms with Gasteiger partial charge >= 0.3 is 0 Å². The predicted molar refractivity (Wildman–Crippen MR) is 148 cm³/mol. The highest BCUT2D eigenvalue weighted by Crippen LogP contribution is 2.35. The van der Waals surface area contributed by atoms with Crippen molar-refractivity contribution in [2.45, 2.75) is 25.5 Å². The number of rotatable bonds is 10. The molecule has 1 amide bonds. The van der Waals surface area contributed by atoms with Crippen LogP contribution in [0.2, 0.25) is 5.02 Å². The Hall–Kier alpha value is -4.21. The van der Waals surface area contributed by atoms with Crippen LogP contribution in [0.25, 0.3) is 10.9 Å². The van der Waals surface area contributed by atoms with E-state index in [0.717, 1.165) is 25.1 Å². The van der Waals surface area contributed by atoms with Gasteiger partial charge in [0.05, 0.1) is 21.9 Å². The molecule has 1 fully saturated rings. The molecule has 1 saturated heterocycles. The number of anilines is 3. The van der Waals surface area contributed by atoms with Crippen LogP contribution in [0.3, 0.4) is 0 Å². The first-order chi connectivity index (χ1) is 18.6. The van der Waals surface area contributed by atoms with E-state index in [4.69, 9.17) is 21.1 Å². The Morgan fingerprint density at radius 3 is 2.82 bits per heavy atom. The van der Waals surface area contributed by atoms with Crippen molar-refractivity contribution in [3.8, 4) is 11.5 Å². The van der Waals surface area contributed by atoms with Gasteiger partial charge in [-0.2, -0.15) is 0 Å². The van der Waals surface area contributed by atoms with Gasteiger partial charge in [0.25, 0.3) is 0 Å². The van der Waals surface area contributed by atoms with Crippen LogP contribution in [0.5, 0.6) is 11.5 Å². The first-order valence-corrected chi connectivity index (χ1v) is 12.6. The third-order valence-electron chi connectivity index (χ3n) is 6.08. The van der Waals surface area contributed by atoms with Gasteiger partial charge in [-0.05, 0) is 61.9 Å². The van der Waals surface area contributed by atoms with Crippen molar-refractivity contribution in [2.75, 3.05) is 23.8 Å². The minimum Gasteiger partial charge on any atom is -0.490 e. The summed E-state index contributed by atoms with van der Waals surface area (Å²) in [5.74, 6) is 1.28. The van der Waals surface area contributed by atoms with Gasteiger partial charge in [-0.25, -0.2) is 9.97 Å². The normalized spacial score (nSPS) is 14.7. The number of nitrogens with zero attached hydrogens (tertiary/aromatic N) is 3. The van der Waals surface area contributed by atoms with Gasteiger partial charge in [0.15, 0.2) is 0 Å². The standard InChI is InChI=1S/C28H27ClN6O3/c1-2-27(36)35-24-13-21-23(14-26(24)38-16-20-7-5-11-31-20)32-17-33-28(21)34-18-8-9-25(22(29)12-18)37-15-19-6-3-4-10-30-19/h2-4,6,8-10,12-14,17,20,31H,1,5,7,11,15-16H2,(H,35,36)(H,32,33,34). The molecule has 1 unspecified atom stereocenters. The fraction of sp³-hybridized carbons (Fsp3) is 0.214. The van der Waals surface area contributed by atoms with Crippen molar-refractivity contribution >= 4 is 45.6 Å². The zero-order chi connectivity index (χ0) is 26.3. The van der Waals surface area contributed by atoms with Crippen LogP contribution in [0.15, 0.2) is 73.7 Å². The molecule has 4 aromatic rings. The van der Waals surface area contributed by atoms with Crippen LogP contribution in [-0.2, 0) is 11.4 Å². The summed E-state index contributed by atoms with van der Waals surface area (Å²) in [5, 5.41) is 10.7. The molecule has 0 saturated carbocycles. The van der Waals surface area contributed by atoms with Gasteiger partial charge in [0.2, 0.25) is 5.91 Å². The second-order valence-electron chi connectivity index (χ2n) is 8.77. The molecular weight excluding hydrogens is 504 g/mol. The summed E-state index contributed by atoms with van der Waals surface area (Å²) in [4.78, 5) is 25.2. The summed E-state index contributed by atoms with van der Waals surface area (Å²) < 4.78 is 11.9. The monoisotopic (exact) mass is 530 g/mol. The van der Waals surface area contributed by atoms with E-state index >= 15 is 0 Å².